The van der Waals surface area contributed by atoms with Gasteiger partial charge in [0.25, 0.3) is 0 Å². The number of guanidine groups is 1. The van der Waals surface area contributed by atoms with E-state index >= 15 is 0 Å². The molecule has 2 heterocycles. The molecule has 1 fully saturated rings. The van der Waals surface area contributed by atoms with Gasteiger partial charge in [-0.25, -0.2) is 0 Å². The molecule has 7 heteroatoms. The van der Waals surface area contributed by atoms with E-state index in [0.717, 1.165) is 51.7 Å². The van der Waals surface area contributed by atoms with Crippen LogP contribution in [0.1, 0.15) is 24.0 Å². The second kappa shape index (κ2) is 10.7. The van der Waals surface area contributed by atoms with Crippen molar-refractivity contribution in [2.45, 2.75) is 32.0 Å². The molecule has 0 bridgehead atoms. The Morgan fingerprint density at radius 3 is 2.93 bits per heavy atom. The van der Waals surface area contributed by atoms with Gasteiger partial charge in [-0.2, -0.15) is 5.10 Å². The number of benzene rings is 1. The van der Waals surface area contributed by atoms with Crippen molar-refractivity contribution >= 4 is 5.96 Å². The van der Waals surface area contributed by atoms with Crippen LogP contribution in [0.2, 0.25) is 0 Å². The SMILES string of the molecule is CN=C(NCCCOC1CCOC1)NCc1ccccc1Cn1cccn1. The van der Waals surface area contributed by atoms with Gasteiger partial charge in [0.15, 0.2) is 5.96 Å². The zero-order valence-electron chi connectivity index (χ0n) is 15.9. The van der Waals surface area contributed by atoms with Gasteiger partial charge in [-0.1, -0.05) is 24.3 Å². The van der Waals surface area contributed by atoms with E-state index in [1.54, 1.807) is 13.2 Å². The van der Waals surface area contributed by atoms with Crippen molar-refractivity contribution in [3.8, 4) is 0 Å². The lowest BCUT2D eigenvalue weighted by Gasteiger charge is -2.15. The standard InChI is InChI=1S/C20H29N5O2/c1-21-20(22-9-5-12-27-19-8-13-26-16-19)23-14-17-6-2-3-7-18(17)15-25-11-4-10-24-25/h2-4,6-7,10-11,19H,5,8-9,12-16H2,1H3,(H2,21,22,23). The highest BCUT2D eigenvalue weighted by Gasteiger charge is 2.15. The van der Waals surface area contributed by atoms with Crippen molar-refractivity contribution in [1.29, 1.82) is 0 Å². The summed E-state index contributed by atoms with van der Waals surface area (Å²) >= 11 is 0. The number of hydrogen-bond acceptors (Lipinski definition) is 4. The smallest absolute Gasteiger partial charge is 0.191 e. The lowest BCUT2D eigenvalue weighted by Crippen LogP contribution is -2.37. The van der Waals surface area contributed by atoms with Crippen LogP contribution in [0.15, 0.2) is 47.7 Å². The molecule has 146 valence electrons. The first kappa shape index (κ1) is 19.4. The number of ether oxygens (including phenoxy) is 2. The van der Waals surface area contributed by atoms with Crippen molar-refractivity contribution in [2.75, 3.05) is 33.4 Å². The molecule has 0 radical (unpaired) electrons. The molecule has 2 N–H and O–H groups in total. The molecule has 2 aromatic rings. The quantitative estimate of drug-likeness (QED) is 0.399. The van der Waals surface area contributed by atoms with Crippen LogP contribution in [-0.2, 0) is 22.6 Å². The molecule has 1 aromatic carbocycles. The van der Waals surface area contributed by atoms with Gasteiger partial charge in [-0.15, -0.1) is 0 Å². The zero-order chi connectivity index (χ0) is 18.7. The van der Waals surface area contributed by atoms with Crippen LogP contribution in [0.4, 0.5) is 0 Å². The lowest BCUT2D eigenvalue weighted by molar-refractivity contribution is 0.0420. The van der Waals surface area contributed by atoms with Crippen molar-refractivity contribution in [3.63, 3.8) is 0 Å². The molecule has 0 aliphatic carbocycles. The summed E-state index contributed by atoms with van der Waals surface area (Å²) in [6.45, 7) is 4.59. The minimum absolute atomic E-state index is 0.272. The molecule has 1 unspecified atom stereocenters. The molecule has 1 aliphatic heterocycles. The van der Waals surface area contributed by atoms with Gasteiger partial charge in [0.05, 0.1) is 19.3 Å². The molecule has 27 heavy (non-hydrogen) atoms. The summed E-state index contributed by atoms with van der Waals surface area (Å²) in [6.07, 6.45) is 6.00. The molecule has 1 aliphatic rings. The molecule has 7 nitrogen and oxygen atoms in total. The average Bonchev–Trinajstić information content (AvgIpc) is 3.39. The molecule has 1 saturated heterocycles. The van der Waals surface area contributed by atoms with Crippen molar-refractivity contribution in [1.82, 2.24) is 20.4 Å². The summed E-state index contributed by atoms with van der Waals surface area (Å²) in [5, 5.41) is 11.0. The third kappa shape index (κ3) is 6.37. The van der Waals surface area contributed by atoms with E-state index in [0.29, 0.717) is 6.54 Å². The number of rotatable bonds is 9. The number of aliphatic imine (C=N–C) groups is 1. The Morgan fingerprint density at radius 2 is 2.19 bits per heavy atom. The van der Waals surface area contributed by atoms with Crippen LogP contribution in [0.25, 0.3) is 0 Å². The third-order valence-electron chi connectivity index (χ3n) is 4.53. The fourth-order valence-electron chi connectivity index (χ4n) is 3.03. The number of hydrogen-bond donors (Lipinski definition) is 2. The molecule has 0 amide bonds. The molecular formula is C20H29N5O2. The summed E-state index contributed by atoms with van der Waals surface area (Å²) in [6, 6.07) is 10.3. The van der Waals surface area contributed by atoms with Crippen LogP contribution in [0, 0.1) is 0 Å². The van der Waals surface area contributed by atoms with Gasteiger partial charge in [0, 0.05) is 45.7 Å². The topological polar surface area (TPSA) is 72.7 Å². The maximum absolute atomic E-state index is 5.78. The minimum atomic E-state index is 0.272. The van der Waals surface area contributed by atoms with Crippen molar-refractivity contribution in [3.05, 3.63) is 53.9 Å². The summed E-state index contributed by atoms with van der Waals surface area (Å²) in [7, 11) is 1.79. The maximum Gasteiger partial charge on any atom is 0.191 e. The third-order valence-corrected chi connectivity index (χ3v) is 4.53. The van der Waals surface area contributed by atoms with Crippen molar-refractivity contribution in [2.24, 2.45) is 4.99 Å². The molecule has 3 rings (SSSR count). The van der Waals surface area contributed by atoms with Gasteiger partial charge in [-0.05, 0) is 30.0 Å². The van der Waals surface area contributed by atoms with Crippen LogP contribution >= 0.6 is 0 Å². The van der Waals surface area contributed by atoms with E-state index in [-0.39, 0.29) is 6.10 Å². The second-order valence-corrected chi connectivity index (χ2v) is 6.53. The van der Waals surface area contributed by atoms with Gasteiger partial charge in [0.2, 0.25) is 0 Å². The summed E-state index contributed by atoms with van der Waals surface area (Å²) < 4.78 is 13.0. The van der Waals surface area contributed by atoms with Crippen LogP contribution < -0.4 is 10.6 Å². The highest BCUT2D eigenvalue weighted by molar-refractivity contribution is 5.79. The predicted octanol–water partition coefficient (Wildman–Crippen LogP) is 1.79. The fourth-order valence-corrected chi connectivity index (χ4v) is 3.03. The largest absolute Gasteiger partial charge is 0.379 e. The number of aromatic nitrogens is 2. The second-order valence-electron chi connectivity index (χ2n) is 6.53. The summed E-state index contributed by atoms with van der Waals surface area (Å²) in [5.74, 6) is 0.799. The Morgan fingerprint density at radius 1 is 1.30 bits per heavy atom. The van der Waals surface area contributed by atoms with Gasteiger partial charge >= 0.3 is 0 Å². The maximum atomic E-state index is 5.78. The molecule has 1 atom stereocenters. The van der Waals surface area contributed by atoms with Gasteiger partial charge in [0.1, 0.15) is 0 Å². The molecule has 0 saturated carbocycles. The molecule has 0 spiro atoms. The van der Waals surface area contributed by atoms with Crippen LogP contribution in [0.5, 0.6) is 0 Å². The first-order valence-electron chi connectivity index (χ1n) is 9.53. The number of nitrogens with one attached hydrogen (secondary N) is 2. The number of nitrogens with zero attached hydrogens (tertiary/aromatic N) is 3. The Balaban J connectivity index is 1.40. The van der Waals surface area contributed by atoms with Crippen molar-refractivity contribution < 1.29 is 9.47 Å². The van der Waals surface area contributed by atoms with E-state index in [1.165, 1.54) is 11.1 Å². The molecule has 1 aromatic heterocycles. The van der Waals surface area contributed by atoms with Gasteiger partial charge < -0.3 is 20.1 Å². The van der Waals surface area contributed by atoms with E-state index in [2.05, 4.69) is 45.0 Å². The van der Waals surface area contributed by atoms with Gasteiger partial charge in [-0.3, -0.25) is 9.67 Å². The Labute approximate surface area is 160 Å². The van der Waals surface area contributed by atoms with E-state index in [1.807, 2.05) is 16.9 Å². The summed E-state index contributed by atoms with van der Waals surface area (Å²) in [5.41, 5.74) is 2.48. The van der Waals surface area contributed by atoms with Crippen LogP contribution in [-0.4, -0.2) is 55.3 Å². The normalized spacial score (nSPS) is 17.2. The Bertz CT molecular complexity index is 696. The average molecular weight is 371 g/mol. The minimum Gasteiger partial charge on any atom is -0.379 e. The van der Waals surface area contributed by atoms with E-state index < -0.39 is 0 Å². The van der Waals surface area contributed by atoms with E-state index in [4.69, 9.17) is 9.47 Å². The highest BCUT2D eigenvalue weighted by Crippen LogP contribution is 2.10. The zero-order valence-corrected chi connectivity index (χ0v) is 15.9. The van der Waals surface area contributed by atoms with E-state index in [9.17, 15) is 0 Å². The Kier molecular flexibility index (Phi) is 7.68. The first-order valence-corrected chi connectivity index (χ1v) is 9.53. The Hall–Kier alpha value is -2.38. The monoisotopic (exact) mass is 371 g/mol. The molecular weight excluding hydrogens is 342 g/mol. The van der Waals surface area contributed by atoms with Crippen LogP contribution in [0.3, 0.4) is 0 Å². The first-order chi connectivity index (χ1) is 13.3. The lowest BCUT2D eigenvalue weighted by atomic mass is 10.1. The summed E-state index contributed by atoms with van der Waals surface area (Å²) in [4.78, 5) is 4.30. The fraction of sp³-hybridized carbons (Fsp3) is 0.500. The predicted molar refractivity (Wildman–Crippen MR) is 106 cm³/mol. The highest BCUT2D eigenvalue weighted by atomic mass is 16.5.